The van der Waals surface area contributed by atoms with Crippen molar-refractivity contribution in [3.05, 3.63) is 54.3 Å². The summed E-state index contributed by atoms with van der Waals surface area (Å²) in [4.78, 5) is 12.3. The highest BCUT2D eigenvalue weighted by molar-refractivity contribution is 6.11. The second kappa shape index (κ2) is 6.72. The number of carbonyl (C=O) groups excluding carboxylic acids is 1. The molecule has 0 saturated carbocycles. The van der Waals surface area contributed by atoms with Crippen LogP contribution in [0.25, 0.3) is 27.7 Å². The highest BCUT2D eigenvalue weighted by Gasteiger charge is 2.29. The van der Waals surface area contributed by atoms with Gasteiger partial charge in [0.15, 0.2) is 11.3 Å². The molecular weight excluding hydrogens is 346 g/mol. The van der Waals surface area contributed by atoms with E-state index >= 15 is 0 Å². The van der Waals surface area contributed by atoms with Gasteiger partial charge in [-0.15, -0.1) is 0 Å². The molecule has 0 bridgehead atoms. The average Bonchev–Trinajstić information content (AvgIpc) is 3.23. The molecule has 0 N–H and O–H groups in total. The Hall–Kier alpha value is -3.41. The number of aromatic nitrogens is 1. The number of nitrogens with zero attached hydrogens (tertiary/aromatic N) is 1. The molecule has 2 aromatic carbocycles. The molecule has 0 aliphatic carbocycles. The number of fused-ring (bicyclic) bond motifs is 3. The lowest BCUT2D eigenvalue weighted by molar-refractivity contribution is 0.0562. The summed E-state index contributed by atoms with van der Waals surface area (Å²) >= 11 is 0. The van der Waals surface area contributed by atoms with Crippen molar-refractivity contribution in [3.8, 4) is 17.2 Å². The SMILES string of the molecule is CCOc1c(C(=O)OC)oc2c3cc(OC)ccc3n(-c3ccccc3)c12. The van der Waals surface area contributed by atoms with Crippen LogP contribution in [-0.2, 0) is 4.74 Å². The average molecular weight is 365 g/mol. The molecule has 0 aliphatic rings. The summed E-state index contributed by atoms with van der Waals surface area (Å²) in [6, 6.07) is 15.6. The Morgan fingerprint density at radius 2 is 1.89 bits per heavy atom. The Balaban J connectivity index is 2.16. The first kappa shape index (κ1) is 17.0. The summed E-state index contributed by atoms with van der Waals surface area (Å²) in [6.45, 7) is 2.25. The van der Waals surface area contributed by atoms with Crippen molar-refractivity contribution in [1.82, 2.24) is 4.57 Å². The van der Waals surface area contributed by atoms with Gasteiger partial charge >= 0.3 is 5.97 Å². The molecule has 6 heteroatoms. The predicted molar refractivity (Wildman–Crippen MR) is 102 cm³/mol. The number of furan rings is 1. The van der Waals surface area contributed by atoms with Crippen molar-refractivity contribution in [2.75, 3.05) is 20.8 Å². The molecule has 0 saturated heterocycles. The lowest BCUT2D eigenvalue weighted by Crippen LogP contribution is -2.04. The fourth-order valence-electron chi connectivity index (χ4n) is 3.28. The Kier molecular flexibility index (Phi) is 4.24. The predicted octanol–water partition coefficient (Wildman–Crippen LogP) is 4.57. The van der Waals surface area contributed by atoms with Crippen molar-refractivity contribution in [3.63, 3.8) is 0 Å². The van der Waals surface area contributed by atoms with E-state index in [2.05, 4.69) is 0 Å². The van der Waals surface area contributed by atoms with E-state index in [1.54, 1.807) is 7.11 Å². The molecule has 6 nitrogen and oxygen atoms in total. The van der Waals surface area contributed by atoms with Gasteiger partial charge in [-0.05, 0) is 37.3 Å². The van der Waals surface area contributed by atoms with E-state index in [-0.39, 0.29) is 5.76 Å². The van der Waals surface area contributed by atoms with Crippen LogP contribution in [0.5, 0.6) is 11.5 Å². The first-order valence-corrected chi connectivity index (χ1v) is 8.61. The molecule has 138 valence electrons. The van der Waals surface area contributed by atoms with Crippen LogP contribution in [0.4, 0.5) is 0 Å². The van der Waals surface area contributed by atoms with Crippen LogP contribution in [0.3, 0.4) is 0 Å². The second-order valence-electron chi connectivity index (χ2n) is 5.92. The number of ether oxygens (including phenoxy) is 3. The lowest BCUT2D eigenvalue weighted by atomic mass is 10.2. The van der Waals surface area contributed by atoms with Crippen LogP contribution in [0.1, 0.15) is 17.5 Å². The van der Waals surface area contributed by atoms with Gasteiger partial charge in [-0.2, -0.15) is 0 Å². The zero-order valence-electron chi connectivity index (χ0n) is 15.3. The van der Waals surface area contributed by atoms with Crippen LogP contribution in [-0.4, -0.2) is 31.4 Å². The van der Waals surface area contributed by atoms with Gasteiger partial charge in [-0.1, -0.05) is 18.2 Å². The van der Waals surface area contributed by atoms with Gasteiger partial charge < -0.3 is 23.2 Å². The molecule has 0 unspecified atom stereocenters. The quantitative estimate of drug-likeness (QED) is 0.485. The van der Waals surface area contributed by atoms with E-state index in [9.17, 15) is 4.79 Å². The highest BCUT2D eigenvalue weighted by atomic mass is 16.5. The molecule has 0 fully saturated rings. The monoisotopic (exact) mass is 365 g/mol. The third-order valence-corrected chi connectivity index (χ3v) is 4.43. The number of esters is 1. The molecule has 0 spiro atoms. The van der Waals surface area contributed by atoms with Crippen molar-refractivity contribution >= 4 is 28.0 Å². The summed E-state index contributed by atoms with van der Waals surface area (Å²) < 4.78 is 24.0. The molecule has 4 rings (SSSR count). The summed E-state index contributed by atoms with van der Waals surface area (Å²) in [5, 5.41) is 0.823. The molecule has 0 aliphatic heterocycles. The molecule has 0 atom stereocenters. The van der Waals surface area contributed by atoms with Gasteiger partial charge in [-0.3, -0.25) is 0 Å². The van der Waals surface area contributed by atoms with E-state index in [1.807, 2.05) is 60.0 Å². The van der Waals surface area contributed by atoms with E-state index in [1.165, 1.54) is 7.11 Å². The summed E-state index contributed by atoms with van der Waals surface area (Å²) in [5.74, 6) is 0.547. The molecule has 0 radical (unpaired) electrons. The van der Waals surface area contributed by atoms with E-state index in [0.717, 1.165) is 16.6 Å². The third kappa shape index (κ3) is 2.61. The minimum Gasteiger partial charge on any atom is -0.497 e. The number of carbonyl (C=O) groups is 1. The normalized spacial score (nSPS) is 11.1. The minimum absolute atomic E-state index is 0.0544. The maximum absolute atomic E-state index is 12.3. The standard InChI is InChI=1S/C21H19NO5/c1-4-26-19-17-18(27-20(19)21(23)25-3)15-12-14(24-2)10-11-16(15)22(17)13-8-6-5-7-9-13/h5-12H,4H2,1-3H3. The highest BCUT2D eigenvalue weighted by Crippen LogP contribution is 2.42. The Bertz CT molecular complexity index is 1120. The number of hydrogen-bond acceptors (Lipinski definition) is 5. The van der Waals surface area contributed by atoms with Crippen molar-refractivity contribution in [2.24, 2.45) is 0 Å². The first-order valence-electron chi connectivity index (χ1n) is 8.61. The van der Waals surface area contributed by atoms with Crippen molar-refractivity contribution in [1.29, 1.82) is 0 Å². The van der Waals surface area contributed by atoms with E-state index in [4.69, 9.17) is 18.6 Å². The van der Waals surface area contributed by atoms with Gasteiger partial charge in [0.2, 0.25) is 0 Å². The number of para-hydroxylation sites is 1. The van der Waals surface area contributed by atoms with Crippen molar-refractivity contribution < 1.29 is 23.4 Å². The topological polar surface area (TPSA) is 62.8 Å². The summed E-state index contributed by atoms with van der Waals surface area (Å²) in [6.07, 6.45) is 0. The molecule has 27 heavy (non-hydrogen) atoms. The van der Waals surface area contributed by atoms with E-state index in [0.29, 0.717) is 29.2 Å². The number of methoxy groups -OCH3 is 2. The van der Waals surface area contributed by atoms with Gasteiger partial charge in [0.05, 0.1) is 26.3 Å². The van der Waals surface area contributed by atoms with Crippen LogP contribution < -0.4 is 9.47 Å². The molecule has 0 amide bonds. The van der Waals surface area contributed by atoms with Gasteiger partial charge in [-0.25, -0.2) is 4.79 Å². The summed E-state index contributed by atoms with van der Waals surface area (Å²) in [5.41, 5.74) is 3.09. The largest absolute Gasteiger partial charge is 0.497 e. The third-order valence-electron chi connectivity index (χ3n) is 4.43. The van der Waals surface area contributed by atoms with Crippen LogP contribution >= 0.6 is 0 Å². The van der Waals surface area contributed by atoms with E-state index < -0.39 is 5.97 Å². The second-order valence-corrected chi connectivity index (χ2v) is 5.92. The Morgan fingerprint density at radius 3 is 2.56 bits per heavy atom. The summed E-state index contributed by atoms with van der Waals surface area (Å²) in [7, 11) is 2.93. The fraction of sp³-hybridized carbons (Fsp3) is 0.190. The molecule has 2 heterocycles. The van der Waals surface area contributed by atoms with Gasteiger partial charge in [0.1, 0.15) is 11.3 Å². The zero-order chi connectivity index (χ0) is 19.0. The van der Waals surface area contributed by atoms with Crippen LogP contribution in [0, 0.1) is 0 Å². The van der Waals surface area contributed by atoms with Gasteiger partial charge in [0, 0.05) is 11.1 Å². The molecule has 4 aromatic rings. The minimum atomic E-state index is -0.578. The number of rotatable bonds is 5. The Labute approximate surface area is 155 Å². The van der Waals surface area contributed by atoms with Crippen LogP contribution in [0.15, 0.2) is 52.9 Å². The smallest absolute Gasteiger partial charge is 0.378 e. The maximum atomic E-state index is 12.3. The zero-order valence-corrected chi connectivity index (χ0v) is 15.3. The lowest BCUT2D eigenvalue weighted by Gasteiger charge is -2.09. The number of benzene rings is 2. The molecular formula is C21H19NO5. The maximum Gasteiger partial charge on any atom is 0.378 e. The molecule has 2 aromatic heterocycles. The van der Waals surface area contributed by atoms with Crippen LogP contribution in [0.2, 0.25) is 0 Å². The number of hydrogen-bond donors (Lipinski definition) is 0. The van der Waals surface area contributed by atoms with Gasteiger partial charge in [0.25, 0.3) is 5.76 Å². The Morgan fingerprint density at radius 1 is 1.11 bits per heavy atom. The first-order chi connectivity index (χ1) is 13.2. The van der Waals surface area contributed by atoms with Crippen molar-refractivity contribution in [2.45, 2.75) is 6.92 Å². The fourth-order valence-corrected chi connectivity index (χ4v) is 3.28.